The maximum atomic E-state index is 13.2. The molecule has 0 bridgehead atoms. The van der Waals surface area contributed by atoms with Crippen molar-refractivity contribution >= 4 is 27.6 Å². The summed E-state index contributed by atoms with van der Waals surface area (Å²) >= 11 is 0. The quantitative estimate of drug-likeness (QED) is 0.342. The lowest BCUT2D eigenvalue weighted by molar-refractivity contribution is 0.477. The van der Waals surface area contributed by atoms with Gasteiger partial charge in [0.2, 0.25) is 0 Å². The molecule has 3 rings (SSSR count). The van der Waals surface area contributed by atoms with Crippen LogP contribution in [0.2, 0.25) is 0 Å². The zero-order chi connectivity index (χ0) is 22.4. The van der Waals surface area contributed by atoms with E-state index in [0.717, 1.165) is 29.1 Å². The van der Waals surface area contributed by atoms with Gasteiger partial charge < -0.3 is 9.64 Å². The van der Waals surface area contributed by atoms with Gasteiger partial charge in [-0.25, -0.2) is 14.2 Å². The number of aryl methyl sites for hydroxylation is 2. The fraction of sp³-hybridized carbons (Fsp3) is 0.250. The van der Waals surface area contributed by atoms with E-state index in [1.54, 1.807) is 36.7 Å². The van der Waals surface area contributed by atoms with Crippen LogP contribution in [0.15, 0.2) is 75.0 Å². The molecule has 162 valence electrons. The van der Waals surface area contributed by atoms with Gasteiger partial charge in [-0.3, -0.25) is 0 Å². The van der Waals surface area contributed by atoms with E-state index in [1.165, 1.54) is 0 Å². The lowest BCUT2D eigenvalue weighted by atomic mass is 10.1. The highest BCUT2D eigenvalue weighted by Gasteiger charge is 2.11. The van der Waals surface area contributed by atoms with Gasteiger partial charge in [0.25, 0.3) is 0 Å². The average molecular weight is 437 g/mol. The number of aromatic nitrogens is 1. The largest absolute Gasteiger partial charge is 0.457 e. The maximum absolute atomic E-state index is 13.2. The van der Waals surface area contributed by atoms with Crippen molar-refractivity contribution in [2.75, 3.05) is 19.8 Å². The van der Waals surface area contributed by atoms with Crippen LogP contribution in [0.4, 0.5) is 11.5 Å². The highest BCUT2D eigenvalue weighted by molar-refractivity contribution is 7.93. The summed E-state index contributed by atoms with van der Waals surface area (Å²) < 4.78 is 23.7. The van der Waals surface area contributed by atoms with E-state index >= 15 is 0 Å². The van der Waals surface area contributed by atoms with Gasteiger partial charge in [-0.1, -0.05) is 12.1 Å². The Hall–Kier alpha value is -3.19. The van der Waals surface area contributed by atoms with Crippen LogP contribution in [0, 0.1) is 13.8 Å². The van der Waals surface area contributed by atoms with E-state index in [0.29, 0.717) is 16.5 Å². The van der Waals surface area contributed by atoms with Crippen LogP contribution >= 0.6 is 0 Å². The molecule has 6 nitrogen and oxygen atoms in total. The molecule has 1 unspecified atom stereocenters. The first-order valence-electron chi connectivity index (χ1n) is 10.1. The second-order valence-corrected chi connectivity index (χ2v) is 9.64. The number of ether oxygens (including phenoxy) is 1. The van der Waals surface area contributed by atoms with Gasteiger partial charge in [-0.05, 0) is 74.4 Å². The Balaban J connectivity index is 1.88. The monoisotopic (exact) mass is 436 g/mol. The van der Waals surface area contributed by atoms with E-state index in [2.05, 4.69) is 21.3 Å². The van der Waals surface area contributed by atoms with Crippen LogP contribution in [0.25, 0.3) is 0 Å². The molecule has 0 amide bonds. The molecule has 0 N–H and O–H groups in total. The number of benzene rings is 2. The molecule has 1 aromatic heterocycles. The average Bonchev–Trinajstić information content (AvgIpc) is 2.75. The Morgan fingerprint density at radius 1 is 1.10 bits per heavy atom. The van der Waals surface area contributed by atoms with Gasteiger partial charge in [0.1, 0.15) is 11.5 Å². The molecule has 0 aliphatic carbocycles. The van der Waals surface area contributed by atoms with Crippen molar-refractivity contribution in [2.45, 2.75) is 25.7 Å². The van der Waals surface area contributed by atoms with Gasteiger partial charge in [0, 0.05) is 26.0 Å². The first-order chi connectivity index (χ1) is 14.8. The Morgan fingerprint density at radius 2 is 1.90 bits per heavy atom. The maximum Gasteiger partial charge on any atom is 0.161 e. The summed E-state index contributed by atoms with van der Waals surface area (Å²) in [5, 5.41) is 0. The molecule has 0 saturated carbocycles. The first-order valence-corrected chi connectivity index (χ1v) is 12.0. The van der Waals surface area contributed by atoms with Crippen LogP contribution in [0.5, 0.6) is 11.5 Å². The predicted molar refractivity (Wildman–Crippen MR) is 128 cm³/mol. The van der Waals surface area contributed by atoms with Gasteiger partial charge in [0.15, 0.2) is 5.82 Å². The third-order valence-corrected chi connectivity index (χ3v) is 6.44. The molecular weight excluding hydrogens is 408 g/mol. The molecule has 0 spiro atoms. The fourth-order valence-corrected chi connectivity index (χ4v) is 4.04. The Kier molecular flexibility index (Phi) is 7.07. The van der Waals surface area contributed by atoms with E-state index < -0.39 is 9.73 Å². The van der Waals surface area contributed by atoms with Crippen molar-refractivity contribution in [2.24, 2.45) is 9.36 Å². The van der Waals surface area contributed by atoms with Crippen LogP contribution in [0.3, 0.4) is 0 Å². The molecule has 0 fully saturated rings. The van der Waals surface area contributed by atoms with Crippen molar-refractivity contribution in [1.29, 1.82) is 0 Å². The second-order valence-electron chi connectivity index (χ2n) is 7.38. The molecule has 0 aliphatic rings. The zero-order valence-electron chi connectivity index (χ0n) is 18.6. The number of nitrogens with zero attached hydrogens (tertiary/aromatic N) is 4. The van der Waals surface area contributed by atoms with Crippen molar-refractivity contribution in [3.05, 3.63) is 71.9 Å². The predicted octanol–water partition coefficient (Wildman–Crippen LogP) is 5.89. The molecular formula is C24H28N4O2S. The summed E-state index contributed by atoms with van der Waals surface area (Å²) in [7, 11) is -0.674. The summed E-state index contributed by atoms with van der Waals surface area (Å²) in [6.45, 7) is 6.96. The SMILES string of the molecule is CCN(C)/C=N\c1cc(C)c(Oc2cccc(S(C)(=O)=Nc3ccccn3)c2)cc1C. The lowest BCUT2D eigenvalue weighted by Crippen LogP contribution is -2.14. The van der Waals surface area contributed by atoms with Crippen molar-refractivity contribution in [3.8, 4) is 11.5 Å². The van der Waals surface area contributed by atoms with Gasteiger partial charge in [-0.15, -0.1) is 0 Å². The Bertz CT molecular complexity index is 1200. The van der Waals surface area contributed by atoms with Crippen molar-refractivity contribution in [3.63, 3.8) is 0 Å². The third kappa shape index (κ3) is 5.92. The van der Waals surface area contributed by atoms with Crippen LogP contribution in [0.1, 0.15) is 18.1 Å². The van der Waals surface area contributed by atoms with Crippen LogP contribution in [-0.4, -0.2) is 40.3 Å². The molecule has 3 aromatic rings. The summed E-state index contributed by atoms with van der Waals surface area (Å²) in [5.41, 5.74) is 2.89. The molecule has 0 aliphatic heterocycles. The molecule has 31 heavy (non-hydrogen) atoms. The molecule has 0 radical (unpaired) electrons. The van der Waals surface area contributed by atoms with Crippen molar-refractivity contribution in [1.82, 2.24) is 9.88 Å². The second kappa shape index (κ2) is 9.75. The number of rotatable bonds is 7. The summed E-state index contributed by atoms with van der Waals surface area (Å²) in [4.78, 5) is 11.3. The first kappa shape index (κ1) is 22.5. The number of pyridine rings is 1. The summed E-state index contributed by atoms with van der Waals surface area (Å²) in [6.07, 6.45) is 5.07. The normalized spacial score (nSPS) is 13.1. The third-order valence-electron chi connectivity index (χ3n) is 4.77. The van der Waals surface area contributed by atoms with Crippen molar-refractivity contribution < 1.29 is 8.95 Å². The lowest BCUT2D eigenvalue weighted by Gasteiger charge is -2.13. The standard InChI is InChI=1S/C24H28N4O2S/c1-6-28(4)17-26-22-14-19(3)23(15-18(22)2)30-20-10-9-11-21(16-20)31(5,29)27-24-12-7-8-13-25-24/h7-17H,6H2,1-5H3/b26-17-. The highest BCUT2D eigenvalue weighted by atomic mass is 32.2. The molecule has 2 aromatic carbocycles. The summed E-state index contributed by atoms with van der Waals surface area (Å²) in [5.74, 6) is 1.78. The minimum atomic E-state index is -2.66. The number of aliphatic imine (C=N–C) groups is 1. The highest BCUT2D eigenvalue weighted by Crippen LogP contribution is 2.32. The van der Waals surface area contributed by atoms with Gasteiger partial charge in [0.05, 0.1) is 26.7 Å². The number of hydrogen-bond donors (Lipinski definition) is 0. The van der Waals surface area contributed by atoms with Gasteiger partial charge in [-0.2, -0.15) is 4.36 Å². The van der Waals surface area contributed by atoms with E-state index in [-0.39, 0.29) is 0 Å². The summed E-state index contributed by atoms with van der Waals surface area (Å²) in [6, 6.07) is 16.6. The molecule has 1 heterocycles. The Labute approximate surface area is 184 Å². The molecule has 0 saturated heterocycles. The van der Waals surface area contributed by atoms with Gasteiger partial charge >= 0.3 is 0 Å². The minimum absolute atomic E-state index is 0.442. The number of hydrogen-bond acceptors (Lipinski definition) is 5. The van der Waals surface area contributed by atoms with E-state index in [9.17, 15) is 4.21 Å². The van der Waals surface area contributed by atoms with E-state index in [4.69, 9.17) is 4.74 Å². The molecule has 1 atom stereocenters. The Morgan fingerprint density at radius 3 is 2.61 bits per heavy atom. The minimum Gasteiger partial charge on any atom is -0.457 e. The van der Waals surface area contributed by atoms with E-state index in [1.807, 2.05) is 62.5 Å². The van der Waals surface area contributed by atoms with Crippen LogP contribution < -0.4 is 4.74 Å². The zero-order valence-corrected chi connectivity index (χ0v) is 19.4. The topological polar surface area (TPSA) is 67.2 Å². The smallest absolute Gasteiger partial charge is 0.161 e. The van der Waals surface area contributed by atoms with Crippen LogP contribution in [-0.2, 0) is 9.73 Å². The fourth-order valence-electron chi connectivity index (χ4n) is 2.81. The molecule has 7 heteroatoms.